The number of cyclic esters (lactones) is 1. The lowest BCUT2D eigenvalue weighted by atomic mass is 9.46. The van der Waals surface area contributed by atoms with E-state index in [2.05, 4.69) is 19.9 Å². The molecule has 15 nitrogen and oxygen atoms in total. The van der Waals surface area contributed by atoms with Gasteiger partial charge in [0.2, 0.25) is 0 Å². The largest absolute Gasteiger partial charge is 0.456 e. The molecule has 9 N–H and O–H groups in total. The number of carbonyl (C=O) groups is 1. The Morgan fingerprint density at radius 3 is 2.18 bits per heavy atom. The lowest BCUT2D eigenvalue weighted by Crippen LogP contribution is -2.62. The summed E-state index contributed by atoms with van der Waals surface area (Å²) in [5, 5.41) is 96.4. The maximum absolute atomic E-state index is 12.6. The molecule has 0 aromatic carbocycles. The lowest BCUT2D eigenvalue weighted by Gasteiger charge is -2.60. The number of hydrogen-bond donors (Lipinski definition) is 9. The Balaban J connectivity index is 1.01. The van der Waals surface area contributed by atoms with E-state index in [0.717, 1.165) is 43.3 Å². The molecule has 7 rings (SSSR count). The number of ether oxygens (including phenoxy) is 5. The molecule has 0 aromatic rings. The molecule has 312 valence electrons. The van der Waals surface area contributed by atoms with E-state index < -0.39 is 104 Å². The van der Waals surface area contributed by atoms with Gasteiger partial charge in [0, 0.05) is 23.8 Å². The number of carbonyl (C=O) groups excluding carboxylic acids is 1. The van der Waals surface area contributed by atoms with Gasteiger partial charge in [-0.1, -0.05) is 31.1 Å². The molecule has 2 saturated heterocycles. The predicted molar refractivity (Wildman–Crippen MR) is 191 cm³/mol. The minimum atomic E-state index is -1.68. The van der Waals surface area contributed by atoms with Crippen molar-refractivity contribution in [3.63, 3.8) is 0 Å². The Hall–Kier alpha value is -1.57. The zero-order valence-corrected chi connectivity index (χ0v) is 32.4. The van der Waals surface area contributed by atoms with Gasteiger partial charge in [-0.15, -0.1) is 0 Å². The Morgan fingerprint density at radius 2 is 1.51 bits per heavy atom. The van der Waals surface area contributed by atoms with Crippen LogP contribution in [-0.4, -0.2) is 150 Å². The van der Waals surface area contributed by atoms with Crippen molar-refractivity contribution in [2.75, 3.05) is 13.2 Å². The highest BCUT2D eigenvalue weighted by Crippen LogP contribution is 2.68. The smallest absolute Gasteiger partial charge is 0.334 e. The van der Waals surface area contributed by atoms with Crippen molar-refractivity contribution in [2.45, 2.75) is 171 Å². The summed E-state index contributed by atoms with van der Waals surface area (Å²) in [6.07, 6.45) is -9.39. The van der Waals surface area contributed by atoms with Gasteiger partial charge in [-0.05, 0) is 88.4 Å². The fourth-order valence-corrected chi connectivity index (χ4v) is 11.9. The molecule has 20 atom stereocenters. The SMILES string of the molecule is CC1=C(C)C(=O)O[C@@H]([C@@](C)(O)[C@@H]2CC[C@@H]3[C@H]4CC=C5C[C@@H](O[C@H]6O[C@@H](CO[C@@H]7O[C@H](CO)[C@H](O)[C@H](O)[C@@H]7O)[C@H](O)[C@@H](O)[C@@H]6O)C[C@@H](O)[C@@]5(C)[C@@H]4CC[C@]32C)C1. The van der Waals surface area contributed by atoms with Crippen molar-refractivity contribution >= 4 is 5.97 Å². The van der Waals surface area contributed by atoms with Crippen LogP contribution in [0.5, 0.6) is 0 Å². The van der Waals surface area contributed by atoms with E-state index in [-0.39, 0.29) is 29.6 Å². The first-order valence-corrected chi connectivity index (χ1v) is 20.1. The van der Waals surface area contributed by atoms with Crippen molar-refractivity contribution < 1.29 is 74.4 Å². The predicted octanol–water partition coefficient (Wildman–Crippen LogP) is -0.0516. The summed E-state index contributed by atoms with van der Waals surface area (Å²) in [5.74, 6) is 0.398. The second-order valence-electron chi connectivity index (χ2n) is 18.3. The summed E-state index contributed by atoms with van der Waals surface area (Å²) in [4.78, 5) is 12.6. The zero-order chi connectivity index (χ0) is 39.9. The summed E-state index contributed by atoms with van der Waals surface area (Å²) in [6.45, 7) is 8.86. The minimum absolute atomic E-state index is 0.0515. The molecular formula is C40H62O15. The molecule has 3 saturated carbocycles. The summed E-state index contributed by atoms with van der Waals surface area (Å²) < 4.78 is 28.9. The van der Waals surface area contributed by atoms with Crippen LogP contribution in [0.3, 0.4) is 0 Å². The molecule has 0 bridgehead atoms. The lowest BCUT2D eigenvalue weighted by molar-refractivity contribution is -0.337. The maximum Gasteiger partial charge on any atom is 0.334 e. The Morgan fingerprint density at radius 1 is 0.855 bits per heavy atom. The molecule has 0 radical (unpaired) electrons. The Labute approximate surface area is 321 Å². The molecule has 3 heterocycles. The monoisotopic (exact) mass is 782 g/mol. The maximum atomic E-state index is 12.6. The fourth-order valence-electron chi connectivity index (χ4n) is 11.9. The number of allylic oxidation sites excluding steroid dienone is 1. The van der Waals surface area contributed by atoms with Crippen LogP contribution in [0.4, 0.5) is 0 Å². The molecule has 0 amide bonds. The zero-order valence-electron chi connectivity index (χ0n) is 32.4. The van der Waals surface area contributed by atoms with E-state index >= 15 is 0 Å². The van der Waals surface area contributed by atoms with Crippen LogP contribution in [0.1, 0.15) is 86.0 Å². The van der Waals surface area contributed by atoms with Crippen LogP contribution in [0.15, 0.2) is 22.8 Å². The number of aliphatic hydroxyl groups excluding tert-OH is 8. The third kappa shape index (κ3) is 6.86. The molecule has 7 aliphatic rings. The number of esters is 1. The minimum Gasteiger partial charge on any atom is -0.456 e. The van der Waals surface area contributed by atoms with Gasteiger partial charge in [-0.25, -0.2) is 4.79 Å². The second kappa shape index (κ2) is 15.2. The first-order chi connectivity index (χ1) is 25.8. The molecule has 5 fully saturated rings. The van der Waals surface area contributed by atoms with Gasteiger partial charge in [-0.2, -0.15) is 0 Å². The van der Waals surface area contributed by atoms with E-state index in [4.69, 9.17) is 23.7 Å². The van der Waals surface area contributed by atoms with Gasteiger partial charge in [0.25, 0.3) is 0 Å². The Bertz CT molecular complexity index is 1500. The average molecular weight is 783 g/mol. The molecular weight excluding hydrogens is 720 g/mol. The second-order valence-corrected chi connectivity index (χ2v) is 18.3. The van der Waals surface area contributed by atoms with Gasteiger partial charge in [0.15, 0.2) is 12.6 Å². The fraction of sp³-hybridized carbons (Fsp3) is 0.875. The highest BCUT2D eigenvalue weighted by molar-refractivity contribution is 5.89. The van der Waals surface area contributed by atoms with Crippen LogP contribution >= 0.6 is 0 Å². The van der Waals surface area contributed by atoms with Gasteiger partial charge in [-0.3, -0.25) is 0 Å². The molecule has 4 aliphatic carbocycles. The van der Waals surface area contributed by atoms with Crippen LogP contribution in [0.25, 0.3) is 0 Å². The van der Waals surface area contributed by atoms with Crippen molar-refractivity contribution in [2.24, 2.45) is 34.5 Å². The summed E-state index contributed by atoms with van der Waals surface area (Å²) in [6, 6.07) is 0. The van der Waals surface area contributed by atoms with E-state index in [1.54, 1.807) is 6.92 Å². The average Bonchev–Trinajstić information content (AvgIpc) is 3.51. The molecule has 0 unspecified atom stereocenters. The Kier molecular flexibility index (Phi) is 11.5. The molecule has 3 aliphatic heterocycles. The van der Waals surface area contributed by atoms with E-state index in [0.29, 0.717) is 30.3 Å². The quantitative estimate of drug-likeness (QED) is 0.116. The number of fused-ring (bicyclic) bond motifs is 5. The van der Waals surface area contributed by atoms with E-state index in [1.165, 1.54) is 0 Å². The number of rotatable bonds is 8. The van der Waals surface area contributed by atoms with Crippen molar-refractivity contribution in [3.8, 4) is 0 Å². The number of hydrogen-bond acceptors (Lipinski definition) is 15. The molecule has 15 heteroatoms. The first-order valence-electron chi connectivity index (χ1n) is 20.1. The molecule has 0 spiro atoms. The van der Waals surface area contributed by atoms with E-state index in [1.807, 2.05) is 13.8 Å². The highest BCUT2D eigenvalue weighted by atomic mass is 16.7. The third-order valence-electron chi connectivity index (χ3n) is 15.5. The van der Waals surface area contributed by atoms with Gasteiger partial charge >= 0.3 is 5.97 Å². The topological polar surface area (TPSA) is 245 Å². The third-order valence-corrected chi connectivity index (χ3v) is 15.5. The molecule has 0 aromatic heterocycles. The van der Waals surface area contributed by atoms with Crippen molar-refractivity contribution in [1.82, 2.24) is 0 Å². The van der Waals surface area contributed by atoms with Crippen molar-refractivity contribution in [1.29, 1.82) is 0 Å². The van der Waals surface area contributed by atoms with Gasteiger partial charge < -0.3 is 69.6 Å². The van der Waals surface area contributed by atoms with Crippen LogP contribution in [-0.2, 0) is 28.5 Å². The van der Waals surface area contributed by atoms with Gasteiger partial charge in [0.1, 0.15) is 60.5 Å². The first kappa shape index (κ1) is 41.6. The molecule has 55 heavy (non-hydrogen) atoms. The number of aliphatic hydroxyl groups is 9. The van der Waals surface area contributed by atoms with Crippen LogP contribution in [0, 0.1) is 34.5 Å². The summed E-state index contributed by atoms with van der Waals surface area (Å²) in [5.41, 5.74) is 0.757. The standard InChI is InChI=1S/C40H62O15/c1-17-12-28(55-35(49)18(17)2)40(5,50)26-9-8-22-21-7-6-19-13-20(14-27(42)39(19,4)23(21)10-11-38(22,26)3)52-37-34(48)32(46)30(44)25(54-37)16-51-36-33(47)31(45)29(43)24(15-41)53-36/h6,20-34,36-37,41-48,50H,7-16H2,1-5H3/t20-,21-,22-,23-,24-,25+,26-,27-,28-,29+,30+,31+,32-,33+,34+,36-,37+,38-,39-,40+/m1/s1. The summed E-state index contributed by atoms with van der Waals surface area (Å²) >= 11 is 0. The van der Waals surface area contributed by atoms with E-state index in [9.17, 15) is 50.8 Å². The van der Waals surface area contributed by atoms with Gasteiger partial charge in [0.05, 0.1) is 25.4 Å². The van der Waals surface area contributed by atoms with Crippen LogP contribution in [0.2, 0.25) is 0 Å². The highest BCUT2D eigenvalue weighted by Gasteiger charge is 2.64. The summed E-state index contributed by atoms with van der Waals surface area (Å²) in [7, 11) is 0. The van der Waals surface area contributed by atoms with Crippen molar-refractivity contribution in [3.05, 3.63) is 22.8 Å². The normalized spacial score (nSPS) is 51.3. The van der Waals surface area contributed by atoms with Crippen LogP contribution < -0.4 is 0 Å².